The number of pyridine rings is 1. The second-order valence-electron chi connectivity index (χ2n) is 4.83. The predicted molar refractivity (Wildman–Crippen MR) is 86.0 cm³/mol. The highest BCUT2D eigenvalue weighted by Gasteiger charge is 2.15. The molecule has 0 N–H and O–H groups in total. The zero-order chi connectivity index (χ0) is 15.5. The lowest BCUT2D eigenvalue weighted by Gasteiger charge is -2.08. The molecule has 3 rings (SSSR count). The second kappa shape index (κ2) is 6.07. The Bertz CT molecular complexity index is 840. The molecule has 0 saturated heterocycles. The molecule has 0 bridgehead atoms. The molecule has 22 heavy (non-hydrogen) atoms. The molecule has 110 valence electrons. The van der Waals surface area contributed by atoms with E-state index in [2.05, 4.69) is 4.98 Å². The number of nitrogens with zero attached hydrogens (tertiary/aromatic N) is 1. The Labute approximate surface area is 131 Å². The minimum Gasteiger partial charge on any atom is -0.454 e. The van der Waals surface area contributed by atoms with E-state index in [1.165, 1.54) is 6.92 Å². The summed E-state index contributed by atoms with van der Waals surface area (Å²) in [7, 11) is 0. The van der Waals surface area contributed by atoms with Gasteiger partial charge in [0.15, 0.2) is 5.78 Å². The first kappa shape index (κ1) is 14.4. The monoisotopic (exact) mass is 311 g/mol. The quantitative estimate of drug-likeness (QED) is 0.689. The number of Topliss-reactive ketones (excluding diaryl/α,β-unsaturated/α-hetero) is 1. The Balaban J connectivity index is 2.10. The van der Waals surface area contributed by atoms with Gasteiger partial charge in [-0.3, -0.25) is 4.79 Å². The Morgan fingerprint density at radius 2 is 2.00 bits per heavy atom. The van der Waals surface area contributed by atoms with E-state index in [4.69, 9.17) is 4.74 Å². The van der Waals surface area contributed by atoms with E-state index in [1.807, 2.05) is 41.8 Å². The third-order valence-electron chi connectivity index (χ3n) is 3.12. The van der Waals surface area contributed by atoms with Gasteiger partial charge < -0.3 is 4.74 Å². The Hall–Kier alpha value is -2.53. The van der Waals surface area contributed by atoms with E-state index < -0.39 is 5.97 Å². The van der Waals surface area contributed by atoms with Gasteiger partial charge in [0.25, 0.3) is 0 Å². The van der Waals surface area contributed by atoms with Crippen LogP contribution in [0.25, 0.3) is 21.5 Å². The summed E-state index contributed by atoms with van der Waals surface area (Å²) < 4.78 is 5.06. The fourth-order valence-corrected chi connectivity index (χ4v) is 2.83. The number of esters is 1. The fourth-order valence-electron chi connectivity index (χ4n) is 2.14. The molecule has 5 heteroatoms. The molecule has 0 saturated carbocycles. The molecule has 0 aliphatic heterocycles. The van der Waals surface area contributed by atoms with Crippen LogP contribution in [-0.2, 0) is 9.53 Å². The van der Waals surface area contributed by atoms with Gasteiger partial charge in [-0.1, -0.05) is 24.3 Å². The first-order valence-electron chi connectivity index (χ1n) is 6.75. The lowest BCUT2D eigenvalue weighted by Crippen LogP contribution is -2.12. The molecule has 0 amide bonds. The van der Waals surface area contributed by atoms with Crippen LogP contribution in [0, 0.1) is 0 Å². The summed E-state index contributed by atoms with van der Waals surface area (Å²) in [4.78, 5) is 28.9. The molecule has 1 aromatic carbocycles. The third kappa shape index (κ3) is 2.89. The van der Waals surface area contributed by atoms with Crippen molar-refractivity contribution < 1.29 is 14.3 Å². The maximum absolute atomic E-state index is 12.3. The van der Waals surface area contributed by atoms with Crippen molar-refractivity contribution in [1.82, 2.24) is 4.98 Å². The number of thiophene rings is 1. The van der Waals surface area contributed by atoms with E-state index in [0.29, 0.717) is 5.56 Å². The first-order valence-corrected chi connectivity index (χ1v) is 7.63. The van der Waals surface area contributed by atoms with Crippen molar-refractivity contribution in [2.75, 3.05) is 6.61 Å². The molecule has 0 aliphatic carbocycles. The van der Waals surface area contributed by atoms with Crippen molar-refractivity contribution in [2.45, 2.75) is 6.92 Å². The number of ketones is 1. The smallest absolute Gasteiger partial charge is 0.339 e. The zero-order valence-corrected chi connectivity index (χ0v) is 12.7. The van der Waals surface area contributed by atoms with Gasteiger partial charge in [0.2, 0.25) is 0 Å². The lowest BCUT2D eigenvalue weighted by molar-refractivity contribution is -0.120. The van der Waals surface area contributed by atoms with Crippen molar-refractivity contribution in [1.29, 1.82) is 0 Å². The number of para-hydroxylation sites is 1. The number of aromatic nitrogens is 1. The number of carbonyl (C=O) groups is 2. The Morgan fingerprint density at radius 1 is 1.18 bits per heavy atom. The normalized spacial score (nSPS) is 10.6. The molecular formula is C17H13NO3S. The number of hydrogen-bond donors (Lipinski definition) is 0. The molecule has 0 atom stereocenters. The molecule has 2 aromatic heterocycles. The van der Waals surface area contributed by atoms with Gasteiger partial charge in [-0.25, -0.2) is 9.78 Å². The summed E-state index contributed by atoms with van der Waals surface area (Å²) in [6, 6.07) is 13.0. The SMILES string of the molecule is CC(=O)COC(=O)c1cc(-c2cccs2)nc2ccccc12. The second-order valence-corrected chi connectivity index (χ2v) is 5.78. The largest absolute Gasteiger partial charge is 0.454 e. The van der Waals surface area contributed by atoms with Crippen molar-refractivity contribution in [2.24, 2.45) is 0 Å². The number of hydrogen-bond acceptors (Lipinski definition) is 5. The number of rotatable bonds is 4. The Kier molecular flexibility index (Phi) is 3.98. The van der Waals surface area contributed by atoms with Gasteiger partial charge in [0.1, 0.15) is 6.61 Å². The summed E-state index contributed by atoms with van der Waals surface area (Å²) in [5.41, 5.74) is 1.88. The van der Waals surface area contributed by atoms with E-state index in [1.54, 1.807) is 17.4 Å². The molecule has 0 fully saturated rings. The highest BCUT2D eigenvalue weighted by atomic mass is 32.1. The van der Waals surface area contributed by atoms with E-state index in [9.17, 15) is 9.59 Å². The topological polar surface area (TPSA) is 56.3 Å². The summed E-state index contributed by atoms with van der Waals surface area (Å²) in [5, 5.41) is 2.68. The van der Waals surface area contributed by atoms with Crippen LogP contribution in [-0.4, -0.2) is 23.3 Å². The maximum atomic E-state index is 12.3. The molecule has 0 unspecified atom stereocenters. The van der Waals surface area contributed by atoms with Crippen LogP contribution in [0.4, 0.5) is 0 Å². The van der Waals surface area contributed by atoms with Gasteiger partial charge in [0.05, 0.1) is 21.7 Å². The molecule has 0 spiro atoms. The van der Waals surface area contributed by atoms with Crippen LogP contribution < -0.4 is 0 Å². The zero-order valence-electron chi connectivity index (χ0n) is 11.9. The van der Waals surface area contributed by atoms with Crippen LogP contribution in [0.5, 0.6) is 0 Å². The maximum Gasteiger partial charge on any atom is 0.339 e. The highest BCUT2D eigenvalue weighted by molar-refractivity contribution is 7.13. The number of ether oxygens (including phenoxy) is 1. The van der Waals surface area contributed by atoms with Crippen molar-refractivity contribution in [3.8, 4) is 10.6 Å². The van der Waals surface area contributed by atoms with Crippen molar-refractivity contribution >= 4 is 34.0 Å². The van der Waals surface area contributed by atoms with Crippen LogP contribution in [0.15, 0.2) is 47.8 Å². The first-order chi connectivity index (χ1) is 10.6. The molecule has 2 heterocycles. The molecule has 4 nitrogen and oxygen atoms in total. The van der Waals surface area contributed by atoms with Gasteiger partial charge in [-0.05, 0) is 30.5 Å². The average molecular weight is 311 g/mol. The van der Waals surface area contributed by atoms with Gasteiger partial charge in [-0.2, -0.15) is 0 Å². The summed E-state index contributed by atoms with van der Waals surface area (Å²) in [5.74, 6) is -0.697. The molecule has 3 aromatic rings. The van der Waals surface area contributed by atoms with Crippen LogP contribution in [0.3, 0.4) is 0 Å². The Morgan fingerprint density at radius 3 is 2.73 bits per heavy atom. The molecular weight excluding hydrogens is 298 g/mol. The minimum atomic E-state index is -0.508. The molecule has 0 radical (unpaired) electrons. The highest BCUT2D eigenvalue weighted by Crippen LogP contribution is 2.28. The van der Waals surface area contributed by atoms with Crippen molar-refractivity contribution in [3.05, 3.63) is 53.4 Å². The predicted octanol–water partition coefficient (Wildman–Crippen LogP) is 3.71. The van der Waals surface area contributed by atoms with E-state index in [0.717, 1.165) is 21.5 Å². The fraction of sp³-hybridized carbons (Fsp3) is 0.118. The standard InChI is InChI=1S/C17H13NO3S/c1-11(19)10-21-17(20)13-9-15(16-7-4-8-22-16)18-14-6-3-2-5-12(13)14/h2-9H,10H2,1H3. The summed E-state index contributed by atoms with van der Waals surface area (Å²) in [6.45, 7) is 1.17. The average Bonchev–Trinajstić information content (AvgIpc) is 3.06. The summed E-state index contributed by atoms with van der Waals surface area (Å²) in [6.07, 6.45) is 0. The van der Waals surface area contributed by atoms with Crippen LogP contribution in [0.2, 0.25) is 0 Å². The minimum absolute atomic E-state index is 0.190. The molecule has 0 aliphatic rings. The van der Waals surface area contributed by atoms with Crippen molar-refractivity contribution in [3.63, 3.8) is 0 Å². The number of fused-ring (bicyclic) bond motifs is 1. The lowest BCUT2D eigenvalue weighted by atomic mass is 10.1. The summed E-state index contributed by atoms with van der Waals surface area (Å²) >= 11 is 1.55. The van der Waals surface area contributed by atoms with Crippen LogP contribution in [0.1, 0.15) is 17.3 Å². The number of carbonyl (C=O) groups excluding carboxylic acids is 2. The third-order valence-corrected chi connectivity index (χ3v) is 4.01. The van der Waals surface area contributed by atoms with Crippen LogP contribution >= 0.6 is 11.3 Å². The van der Waals surface area contributed by atoms with Gasteiger partial charge >= 0.3 is 5.97 Å². The van der Waals surface area contributed by atoms with E-state index in [-0.39, 0.29) is 12.4 Å². The van der Waals surface area contributed by atoms with Gasteiger partial charge in [0, 0.05) is 5.39 Å². The van der Waals surface area contributed by atoms with Gasteiger partial charge in [-0.15, -0.1) is 11.3 Å². The van der Waals surface area contributed by atoms with E-state index >= 15 is 0 Å². The number of benzene rings is 1.